The van der Waals surface area contributed by atoms with Crippen LogP contribution in [0.4, 0.5) is 11.8 Å². The predicted octanol–water partition coefficient (Wildman–Crippen LogP) is 3.00. The summed E-state index contributed by atoms with van der Waals surface area (Å²) in [7, 11) is 1.62. The molecule has 0 amide bonds. The van der Waals surface area contributed by atoms with E-state index in [0.717, 1.165) is 35.8 Å². The third-order valence-electron chi connectivity index (χ3n) is 4.06. The van der Waals surface area contributed by atoms with E-state index in [4.69, 9.17) is 26.8 Å². The summed E-state index contributed by atoms with van der Waals surface area (Å²) in [6.07, 6.45) is 0.910. The molecule has 1 aliphatic heterocycles. The fourth-order valence-electron chi connectivity index (χ4n) is 2.94. The Hall–Kier alpha value is -2.05. The maximum Gasteiger partial charge on any atom is 0.222 e. The number of methoxy groups -OCH3 is 1. The molecule has 2 heterocycles. The van der Waals surface area contributed by atoms with Crippen LogP contribution in [0.3, 0.4) is 0 Å². The zero-order chi connectivity index (χ0) is 17.1. The molecule has 2 N–H and O–H groups in total. The fourth-order valence-corrected chi connectivity index (χ4v) is 3.23. The van der Waals surface area contributed by atoms with Crippen LogP contribution in [0, 0.1) is 6.92 Å². The summed E-state index contributed by atoms with van der Waals surface area (Å²) in [6.45, 7) is 3.96. The Morgan fingerprint density at radius 2 is 2.17 bits per heavy atom. The smallest absolute Gasteiger partial charge is 0.222 e. The minimum atomic E-state index is -0.0420. The Kier molecular flexibility index (Phi) is 5.06. The molecular formula is C17H21ClN4O2. The summed E-state index contributed by atoms with van der Waals surface area (Å²) in [6, 6.07) is 7.60. The topological polar surface area (TPSA) is 73.5 Å². The van der Waals surface area contributed by atoms with Gasteiger partial charge in [0.1, 0.15) is 11.6 Å². The highest BCUT2D eigenvalue weighted by atomic mass is 35.5. The molecule has 0 aliphatic carbocycles. The molecule has 1 fully saturated rings. The number of benzene rings is 1. The first-order valence-electron chi connectivity index (χ1n) is 7.87. The number of nitrogens with zero attached hydrogens (tertiary/aromatic N) is 3. The normalized spacial score (nSPS) is 18.3. The quantitative estimate of drug-likeness (QED) is 0.919. The van der Waals surface area contributed by atoms with Crippen LogP contribution in [0.15, 0.2) is 24.3 Å². The van der Waals surface area contributed by atoms with Gasteiger partial charge in [0.25, 0.3) is 0 Å². The molecule has 1 atom stereocenters. The largest absolute Gasteiger partial charge is 0.497 e. The maximum absolute atomic E-state index is 6.49. The average Bonchev–Trinajstić information content (AvgIpc) is 2.79. The number of hydrogen-bond donors (Lipinski definition) is 1. The molecule has 0 unspecified atom stereocenters. The molecule has 0 saturated carbocycles. The van der Waals surface area contributed by atoms with E-state index in [-0.39, 0.29) is 12.0 Å². The molecule has 1 saturated heterocycles. The average molecular weight is 349 g/mol. The number of hydrogen-bond acceptors (Lipinski definition) is 6. The third-order valence-corrected chi connectivity index (χ3v) is 4.39. The molecule has 7 heteroatoms. The molecule has 0 radical (unpaired) electrons. The standard InChI is InChI=1S/C17H21ClN4O2/c1-11-8-16(21-17(19)20-11)22-6-3-7-24-10-15(22)13-5-4-12(23-2)9-14(13)18/h4-5,8-9,15H,3,6-7,10H2,1-2H3,(H2,19,20,21)/t15-/m0/s1. The highest BCUT2D eigenvalue weighted by molar-refractivity contribution is 6.31. The Bertz CT molecular complexity index is 705. The van der Waals surface area contributed by atoms with E-state index in [2.05, 4.69) is 14.9 Å². The van der Waals surface area contributed by atoms with E-state index >= 15 is 0 Å². The number of ether oxygens (including phenoxy) is 2. The van der Waals surface area contributed by atoms with Gasteiger partial charge >= 0.3 is 0 Å². The Balaban J connectivity index is 2.01. The molecule has 24 heavy (non-hydrogen) atoms. The fraction of sp³-hybridized carbons (Fsp3) is 0.412. The van der Waals surface area contributed by atoms with E-state index in [0.29, 0.717) is 18.2 Å². The molecule has 1 aromatic carbocycles. The summed E-state index contributed by atoms with van der Waals surface area (Å²) in [5, 5.41) is 0.647. The van der Waals surface area contributed by atoms with Gasteiger partial charge in [0.15, 0.2) is 0 Å². The van der Waals surface area contributed by atoms with Crippen molar-refractivity contribution >= 4 is 23.4 Å². The minimum Gasteiger partial charge on any atom is -0.497 e. The van der Waals surface area contributed by atoms with Crippen LogP contribution in [0.25, 0.3) is 0 Å². The number of aromatic nitrogens is 2. The van der Waals surface area contributed by atoms with Gasteiger partial charge in [0, 0.05) is 29.9 Å². The molecule has 1 aliphatic rings. The van der Waals surface area contributed by atoms with Crippen molar-refractivity contribution in [2.75, 3.05) is 37.5 Å². The van der Waals surface area contributed by atoms with E-state index in [1.54, 1.807) is 7.11 Å². The van der Waals surface area contributed by atoms with Gasteiger partial charge in [-0.3, -0.25) is 0 Å². The highest BCUT2D eigenvalue weighted by Gasteiger charge is 2.27. The minimum absolute atomic E-state index is 0.0420. The van der Waals surface area contributed by atoms with Crippen LogP contribution in [0.5, 0.6) is 5.75 Å². The molecule has 0 spiro atoms. The number of halogens is 1. The van der Waals surface area contributed by atoms with E-state index in [9.17, 15) is 0 Å². The Labute approximate surface area is 146 Å². The second kappa shape index (κ2) is 7.23. The number of nitrogen functional groups attached to an aromatic ring is 1. The first kappa shape index (κ1) is 16.8. The second-order valence-corrected chi connectivity index (χ2v) is 6.16. The van der Waals surface area contributed by atoms with Gasteiger partial charge in [-0.15, -0.1) is 0 Å². The Morgan fingerprint density at radius 3 is 2.88 bits per heavy atom. The van der Waals surface area contributed by atoms with Crippen LogP contribution in [-0.4, -0.2) is 36.8 Å². The molecular weight excluding hydrogens is 328 g/mol. The van der Waals surface area contributed by atoms with Crippen LogP contribution < -0.4 is 15.4 Å². The highest BCUT2D eigenvalue weighted by Crippen LogP contribution is 2.34. The van der Waals surface area contributed by atoms with Crippen LogP contribution in [-0.2, 0) is 4.74 Å². The summed E-state index contributed by atoms with van der Waals surface area (Å²) in [5.74, 6) is 1.80. The van der Waals surface area contributed by atoms with Gasteiger partial charge in [-0.1, -0.05) is 17.7 Å². The molecule has 1 aromatic heterocycles. The summed E-state index contributed by atoms with van der Waals surface area (Å²) >= 11 is 6.49. The number of anilines is 2. The van der Waals surface area contributed by atoms with Gasteiger partial charge in [-0.2, -0.15) is 4.98 Å². The number of aryl methyl sites for hydroxylation is 1. The van der Waals surface area contributed by atoms with Gasteiger partial charge in [-0.25, -0.2) is 4.98 Å². The van der Waals surface area contributed by atoms with E-state index < -0.39 is 0 Å². The SMILES string of the molecule is COc1ccc([C@@H]2COCCCN2c2cc(C)nc(N)n2)c(Cl)c1. The molecule has 0 bridgehead atoms. The van der Waals surface area contributed by atoms with Crippen molar-refractivity contribution in [2.45, 2.75) is 19.4 Å². The lowest BCUT2D eigenvalue weighted by molar-refractivity contribution is 0.134. The van der Waals surface area contributed by atoms with Crippen LogP contribution in [0.2, 0.25) is 5.02 Å². The summed E-state index contributed by atoms with van der Waals surface area (Å²) in [4.78, 5) is 10.8. The van der Waals surface area contributed by atoms with Crippen molar-refractivity contribution in [3.05, 3.63) is 40.5 Å². The lowest BCUT2D eigenvalue weighted by Crippen LogP contribution is -2.32. The lowest BCUT2D eigenvalue weighted by Gasteiger charge is -2.31. The molecule has 6 nitrogen and oxygen atoms in total. The van der Waals surface area contributed by atoms with E-state index in [1.165, 1.54) is 0 Å². The lowest BCUT2D eigenvalue weighted by atomic mass is 10.1. The Morgan fingerprint density at radius 1 is 1.33 bits per heavy atom. The van der Waals surface area contributed by atoms with Crippen molar-refractivity contribution in [1.29, 1.82) is 0 Å². The number of nitrogens with two attached hydrogens (primary N) is 1. The summed E-state index contributed by atoms with van der Waals surface area (Å²) < 4.78 is 11.0. The maximum atomic E-state index is 6.49. The first-order chi connectivity index (χ1) is 11.6. The molecule has 3 rings (SSSR count). The van der Waals surface area contributed by atoms with E-state index in [1.807, 2.05) is 31.2 Å². The van der Waals surface area contributed by atoms with Crippen molar-refractivity contribution in [3.63, 3.8) is 0 Å². The second-order valence-electron chi connectivity index (χ2n) is 5.75. The summed E-state index contributed by atoms with van der Waals surface area (Å²) in [5.41, 5.74) is 7.65. The predicted molar refractivity (Wildman–Crippen MR) is 94.7 cm³/mol. The van der Waals surface area contributed by atoms with Crippen molar-refractivity contribution < 1.29 is 9.47 Å². The molecule has 2 aromatic rings. The van der Waals surface area contributed by atoms with Gasteiger partial charge < -0.3 is 20.1 Å². The zero-order valence-electron chi connectivity index (χ0n) is 13.8. The monoisotopic (exact) mass is 348 g/mol. The zero-order valence-corrected chi connectivity index (χ0v) is 14.6. The van der Waals surface area contributed by atoms with Crippen LogP contribution >= 0.6 is 11.6 Å². The first-order valence-corrected chi connectivity index (χ1v) is 8.25. The van der Waals surface area contributed by atoms with Crippen LogP contribution in [0.1, 0.15) is 23.7 Å². The number of rotatable bonds is 3. The van der Waals surface area contributed by atoms with Crippen molar-refractivity contribution in [1.82, 2.24) is 9.97 Å². The van der Waals surface area contributed by atoms with Gasteiger partial charge in [0.05, 0.1) is 19.8 Å². The van der Waals surface area contributed by atoms with Crippen molar-refractivity contribution in [2.24, 2.45) is 0 Å². The van der Waals surface area contributed by atoms with Gasteiger partial charge in [0.2, 0.25) is 5.95 Å². The third kappa shape index (κ3) is 3.55. The van der Waals surface area contributed by atoms with Crippen molar-refractivity contribution in [3.8, 4) is 5.75 Å². The van der Waals surface area contributed by atoms with Gasteiger partial charge in [-0.05, 0) is 31.0 Å². The molecule has 128 valence electrons.